The minimum Gasteiger partial charge on any atom is -0.491 e. The fraction of sp³-hybridized carbons (Fsp3) is 0.167. The number of carboxylic acids is 1. The first-order valence-corrected chi connectivity index (χ1v) is 13.7. The summed E-state index contributed by atoms with van der Waals surface area (Å²) >= 11 is 1.43. The molecule has 2 amide bonds. The fourth-order valence-corrected chi connectivity index (χ4v) is 5.57. The molecule has 9 nitrogen and oxygen atoms in total. The molecule has 0 unspecified atom stereocenters. The number of anilines is 2. The van der Waals surface area contributed by atoms with Crippen molar-refractivity contribution in [2.75, 3.05) is 23.4 Å². The van der Waals surface area contributed by atoms with Crippen LogP contribution in [0.15, 0.2) is 79.0 Å². The van der Waals surface area contributed by atoms with Gasteiger partial charge in [0.25, 0.3) is 0 Å². The first kappa shape index (κ1) is 25.4. The summed E-state index contributed by atoms with van der Waals surface area (Å²) in [4.78, 5) is 40.2. The molecule has 10 heteroatoms. The number of aromatic carboxylic acids is 1. The Morgan fingerprint density at radius 2 is 1.90 bits per heavy atom. The normalized spacial score (nSPS) is 12.7. The maximum Gasteiger partial charge on any atom is 0.358 e. The number of hydrogen-bond donors (Lipinski definition) is 2. The van der Waals surface area contributed by atoms with Crippen LogP contribution >= 0.6 is 11.3 Å². The molecule has 2 N–H and O–H groups in total. The predicted octanol–water partition coefficient (Wildman–Crippen LogP) is 6.06. The number of rotatable bonds is 7. The molecule has 0 atom stereocenters. The molecular weight excluding hydrogens is 526 g/mol. The molecule has 40 heavy (non-hydrogen) atoms. The van der Waals surface area contributed by atoms with Gasteiger partial charge < -0.3 is 9.84 Å². The zero-order chi connectivity index (χ0) is 27.5. The molecule has 2 aromatic carbocycles. The average Bonchev–Trinajstić information content (AvgIpc) is 3.39. The third kappa shape index (κ3) is 5.34. The lowest BCUT2D eigenvalue weighted by atomic mass is 9.98. The first-order chi connectivity index (χ1) is 19.5. The van der Waals surface area contributed by atoms with Crippen LogP contribution in [0.2, 0.25) is 0 Å². The summed E-state index contributed by atoms with van der Waals surface area (Å²) in [7, 11) is 0. The van der Waals surface area contributed by atoms with Crippen molar-refractivity contribution in [1.82, 2.24) is 15.0 Å². The van der Waals surface area contributed by atoms with Gasteiger partial charge in [-0.05, 0) is 60.9 Å². The average molecular weight is 552 g/mol. The van der Waals surface area contributed by atoms with Crippen molar-refractivity contribution in [3.05, 3.63) is 95.9 Å². The van der Waals surface area contributed by atoms with Crippen LogP contribution in [0, 0.1) is 0 Å². The van der Waals surface area contributed by atoms with Crippen LogP contribution in [-0.4, -0.2) is 45.2 Å². The van der Waals surface area contributed by atoms with Gasteiger partial charge in [0.2, 0.25) is 0 Å². The Morgan fingerprint density at radius 1 is 1.02 bits per heavy atom. The van der Waals surface area contributed by atoms with E-state index < -0.39 is 5.97 Å². The van der Waals surface area contributed by atoms with E-state index in [0.29, 0.717) is 29.4 Å². The molecule has 3 aromatic heterocycles. The molecule has 1 aliphatic rings. The van der Waals surface area contributed by atoms with Gasteiger partial charge in [-0.25, -0.2) is 19.6 Å². The second kappa shape index (κ2) is 11.1. The second-order valence-corrected chi connectivity index (χ2v) is 10.3. The number of carbonyl (C=O) groups excluding carboxylic acids is 1. The van der Waals surface area contributed by atoms with Crippen LogP contribution in [0.1, 0.15) is 28.2 Å². The molecule has 5 aromatic rings. The minimum atomic E-state index is -1.18. The highest BCUT2D eigenvalue weighted by Crippen LogP contribution is 2.34. The maximum atomic E-state index is 13.3. The minimum absolute atomic E-state index is 0.165. The lowest BCUT2D eigenvalue weighted by Gasteiger charge is -2.29. The number of nitrogens with one attached hydrogen (secondary N) is 1. The number of para-hydroxylation sites is 1. The van der Waals surface area contributed by atoms with Gasteiger partial charge >= 0.3 is 12.0 Å². The second-order valence-electron chi connectivity index (χ2n) is 9.28. The number of nitrogens with zero attached hydrogens (tertiary/aromatic N) is 4. The van der Waals surface area contributed by atoms with Crippen molar-refractivity contribution < 1.29 is 19.4 Å². The number of thiazole rings is 1. The van der Waals surface area contributed by atoms with Gasteiger partial charge in [0.05, 0.1) is 22.5 Å². The Morgan fingerprint density at radius 3 is 2.73 bits per heavy atom. The van der Waals surface area contributed by atoms with Gasteiger partial charge in [-0.3, -0.25) is 15.2 Å². The zero-order valence-electron chi connectivity index (χ0n) is 21.4. The number of aryl methyl sites for hydroxylation is 1. The summed E-state index contributed by atoms with van der Waals surface area (Å²) in [5.74, 6) is -0.980. The maximum absolute atomic E-state index is 13.3. The van der Waals surface area contributed by atoms with E-state index in [0.717, 1.165) is 40.0 Å². The molecule has 200 valence electrons. The van der Waals surface area contributed by atoms with Crippen molar-refractivity contribution >= 4 is 44.4 Å². The van der Waals surface area contributed by atoms with E-state index in [2.05, 4.69) is 20.3 Å². The summed E-state index contributed by atoms with van der Waals surface area (Å²) < 4.78 is 6.76. The van der Waals surface area contributed by atoms with Gasteiger partial charge in [-0.15, -0.1) is 0 Å². The molecule has 6 rings (SSSR count). The van der Waals surface area contributed by atoms with Crippen LogP contribution in [0.4, 0.5) is 15.6 Å². The van der Waals surface area contributed by atoms with Crippen molar-refractivity contribution in [1.29, 1.82) is 0 Å². The van der Waals surface area contributed by atoms with E-state index in [1.165, 1.54) is 11.3 Å². The number of amides is 2. The van der Waals surface area contributed by atoms with Crippen LogP contribution in [-0.2, 0) is 12.8 Å². The molecule has 0 bridgehead atoms. The van der Waals surface area contributed by atoms with E-state index in [-0.39, 0.29) is 24.1 Å². The van der Waals surface area contributed by atoms with Crippen molar-refractivity contribution in [2.24, 2.45) is 0 Å². The zero-order valence-corrected chi connectivity index (χ0v) is 22.2. The van der Waals surface area contributed by atoms with Crippen LogP contribution in [0.5, 0.6) is 5.75 Å². The van der Waals surface area contributed by atoms with Crippen molar-refractivity contribution in [3.8, 4) is 17.0 Å². The first-order valence-electron chi connectivity index (χ1n) is 12.9. The number of urea groups is 1. The van der Waals surface area contributed by atoms with Crippen molar-refractivity contribution in [3.63, 3.8) is 0 Å². The van der Waals surface area contributed by atoms with Crippen LogP contribution in [0.3, 0.4) is 0 Å². The number of hydrogen-bond acceptors (Lipinski definition) is 7. The largest absolute Gasteiger partial charge is 0.491 e. The summed E-state index contributed by atoms with van der Waals surface area (Å²) in [6.07, 6.45) is 3.93. The predicted molar refractivity (Wildman–Crippen MR) is 154 cm³/mol. The standard InChI is InChI=1S/C30H25N5O4S/c36-28(37)27-25(39-17-14-21-7-3-4-15-31-21)13-12-22(32-27)20-11-10-19-6-5-16-35(24(19)18-20)30(38)34-29-33-23-8-1-2-9-26(23)40-29/h1-4,7-13,15,18H,5-6,14,16-17H2,(H,36,37)(H,33,34,38). The molecule has 0 saturated carbocycles. The van der Waals surface area contributed by atoms with Gasteiger partial charge in [-0.2, -0.15) is 0 Å². The quantitative estimate of drug-likeness (QED) is 0.253. The SMILES string of the molecule is O=C(O)c1nc(-c2ccc3c(c2)N(C(=O)Nc2nc4ccccc4s2)CCC3)ccc1OCCc1ccccn1. The number of aromatic nitrogens is 3. The Balaban J connectivity index is 1.23. The van der Waals surface area contributed by atoms with E-state index in [9.17, 15) is 14.7 Å². The smallest absolute Gasteiger partial charge is 0.358 e. The van der Waals surface area contributed by atoms with E-state index in [4.69, 9.17) is 4.74 Å². The van der Waals surface area contributed by atoms with Gasteiger partial charge in [0.1, 0.15) is 0 Å². The molecule has 0 aliphatic carbocycles. The fourth-order valence-electron chi connectivity index (χ4n) is 4.72. The van der Waals surface area contributed by atoms with Crippen LogP contribution in [0.25, 0.3) is 21.5 Å². The number of carboxylic acid groups (broad SMARTS) is 1. The molecular formula is C30H25N5O4S. The number of benzene rings is 2. The third-order valence-electron chi connectivity index (χ3n) is 6.66. The Kier molecular flexibility index (Phi) is 7.07. The lowest BCUT2D eigenvalue weighted by Crippen LogP contribution is -2.38. The van der Waals surface area contributed by atoms with Crippen LogP contribution < -0.4 is 15.0 Å². The van der Waals surface area contributed by atoms with Gasteiger partial charge in [0, 0.05) is 36.1 Å². The van der Waals surface area contributed by atoms with Gasteiger partial charge in [0.15, 0.2) is 16.6 Å². The summed E-state index contributed by atoms with van der Waals surface area (Å²) in [5, 5.41) is 13.3. The lowest BCUT2D eigenvalue weighted by molar-refractivity contribution is 0.0685. The molecule has 0 saturated heterocycles. The highest BCUT2D eigenvalue weighted by molar-refractivity contribution is 7.22. The van der Waals surface area contributed by atoms with E-state index in [1.54, 1.807) is 23.2 Å². The number of ether oxygens (including phenoxy) is 1. The molecule has 4 heterocycles. The van der Waals surface area contributed by atoms with Crippen molar-refractivity contribution in [2.45, 2.75) is 19.3 Å². The summed E-state index contributed by atoms with van der Waals surface area (Å²) in [6, 6.07) is 22.2. The van der Waals surface area contributed by atoms with E-state index >= 15 is 0 Å². The molecule has 0 fully saturated rings. The summed E-state index contributed by atoms with van der Waals surface area (Å²) in [5.41, 5.74) is 4.54. The number of fused-ring (bicyclic) bond motifs is 2. The van der Waals surface area contributed by atoms with E-state index in [1.807, 2.05) is 60.7 Å². The summed E-state index contributed by atoms with van der Waals surface area (Å²) in [6.45, 7) is 0.833. The monoisotopic (exact) mass is 551 g/mol. The number of pyridine rings is 2. The number of carbonyl (C=O) groups is 2. The highest BCUT2D eigenvalue weighted by Gasteiger charge is 2.25. The molecule has 0 spiro atoms. The Bertz CT molecular complexity index is 1670. The Hall–Kier alpha value is -4.83. The molecule has 0 radical (unpaired) electrons. The van der Waals surface area contributed by atoms with Gasteiger partial charge in [-0.1, -0.05) is 41.7 Å². The third-order valence-corrected chi connectivity index (χ3v) is 7.61. The highest BCUT2D eigenvalue weighted by atomic mass is 32.1. The Labute approximate surface area is 234 Å². The molecule has 1 aliphatic heterocycles. The topological polar surface area (TPSA) is 118 Å².